The normalized spacial score (nSPS) is 11.5. The quantitative estimate of drug-likeness (QED) is 0.641. The second kappa shape index (κ2) is 6.68. The van der Waals surface area contributed by atoms with Gasteiger partial charge in [0.2, 0.25) is 5.91 Å². The maximum Gasteiger partial charge on any atom is 0.308 e. The van der Waals surface area contributed by atoms with Gasteiger partial charge in [-0.05, 0) is 31.0 Å². The van der Waals surface area contributed by atoms with Crippen LogP contribution in [0.5, 0.6) is 5.75 Å². The minimum absolute atomic E-state index is 0.0979. The topological polar surface area (TPSA) is 72.5 Å². The van der Waals surface area contributed by atoms with Gasteiger partial charge in [-0.25, -0.2) is 0 Å². The molecule has 0 aromatic heterocycles. The number of ketones is 1. The van der Waals surface area contributed by atoms with Crippen molar-refractivity contribution in [2.24, 2.45) is 0 Å². The second-order valence-corrected chi connectivity index (χ2v) is 4.31. The third kappa shape index (κ3) is 5.33. The molecule has 0 aliphatic rings. The molecule has 0 heterocycles. The van der Waals surface area contributed by atoms with Gasteiger partial charge in [0.15, 0.2) is 5.78 Å². The number of Topliss-reactive ketones (excluding diaryl/α,β-unsaturated/α-hetero) is 1. The SMILES string of the molecule is CC(=O)NC(Cc1ccc(OC(C)=O)cc1)C(C)=O. The molecule has 0 radical (unpaired) electrons. The van der Waals surface area contributed by atoms with Crippen molar-refractivity contribution in [3.05, 3.63) is 29.8 Å². The molecule has 1 aromatic carbocycles. The molecule has 0 aliphatic heterocycles. The third-order valence-electron chi connectivity index (χ3n) is 2.49. The maximum absolute atomic E-state index is 11.4. The van der Waals surface area contributed by atoms with Crippen molar-refractivity contribution in [2.45, 2.75) is 33.2 Å². The van der Waals surface area contributed by atoms with Crippen molar-refractivity contribution < 1.29 is 19.1 Å². The molecule has 1 rings (SSSR count). The Morgan fingerprint density at radius 2 is 1.68 bits per heavy atom. The van der Waals surface area contributed by atoms with Crippen molar-refractivity contribution in [3.8, 4) is 5.75 Å². The van der Waals surface area contributed by atoms with Crippen LogP contribution >= 0.6 is 0 Å². The maximum atomic E-state index is 11.4. The number of amides is 1. The van der Waals surface area contributed by atoms with Crippen molar-refractivity contribution in [3.63, 3.8) is 0 Å². The van der Waals surface area contributed by atoms with Crippen LogP contribution in [0.2, 0.25) is 0 Å². The highest BCUT2D eigenvalue weighted by molar-refractivity contribution is 5.86. The van der Waals surface area contributed by atoms with E-state index in [4.69, 9.17) is 4.74 Å². The van der Waals surface area contributed by atoms with Crippen LogP contribution in [-0.2, 0) is 20.8 Å². The Morgan fingerprint density at radius 3 is 2.11 bits per heavy atom. The van der Waals surface area contributed by atoms with Crippen LogP contribution in [0.4, 0.5) is 0 Å². The first-order chi connectivity index (χ1) is 8.88. The fourth-order valence-corrected chi connectivity index (χ4v) is 1.64. The van der Waals surface area contributed by atoms with Crippen LogP contribution in [0.3, 0.4) is 0 Å². The molecule has 0 bridgehead atoms. The average Bonchev–Trinajstić information content (AvgIpc) is 2.29. The minimum atomic E-state index is -0.530. The van der Waals surface area contributed by atoms with Gasteiger partial charge in [-0.3, -0.25) is 14.4 Å². The Bertz CT molecular complexity index is 479. The van der Waals surface area contributed by atoms with Gasteiger partial charge < -0.3 is 10.1 Å². The van der Waals surface area contributed by atoms with Gasteiger partial charge in [-0.15, -0.1) is 0 Å². The van der Waals surface area contributed by atoms with E-state index in [0.717, 1.165) is 5.56 Å². The molecule has 102 valence electrons. The van der Waals surface area contributed by atoms with Crippen LogP contribution < -0.4 is 10.1 Å². The molecular weight excluding hydrogens is 246 g/mol. The van der Waals surface area contributed by atoms with Gasteiger partial charge in [0.25, 0.3) is 0 Å². The number of benzene rings is 1. The molecule has 19 heavy (non-hydrogen) atoms. The van der Waals surface area contributed by atoms with Crippen molar-refractivity contribution in [1.82, 2.24) is 5.32 Å². The summed E-state index contributed by atoms with van der Waals surface area (Å²) in [5, 5.41) is 2.60. The summed E-state index contributed by atoms with van der Waals surface area (Å²) in [5.74, 6) is -0.265. The van der Waals surface area contributed by atoms with Crippen LogP contribution in [0.15, 0.2) is 24.3 Å². The summed E-state index contributed by atoms with van der Waals surface area (Å²) in [6.07, 6.45) is 0.412. The lowest BCUT2D eigenvalue weighted by atomic mass is 10.0. The molecule has 0 saturated heterocycles. The molecule has 0 saturated carbocycles. The number of hydrogen-bond donors (Lipinski definition) is 1. The Labute approximate surface area is 111 Å². The molecule has 0 aliphatic carbocycles. The van der Waals surface area contributed by atoms with E-state index in [-0.39, 0.29) is 17.7 Å². The molecule has 1 atom stereocenters. The van der Waals surface area contributed by atoms with Gasteiger partial charge in [-0.2, -0.15) is 0 Å². The Morgan fingerprint density at radius 1 is 1.11 bits per heavy atom. The van der Waals surface area contributed by atoms with E-state index in [1.807, 2.05) is 0 Å². The molecule has 5 nitrogen and oxygen atoms in total. The van der Waals surface area contributed by atoms with E-state index in [2.05, 4.69) is 5.32 Å². The summed E-state index contributed by atoms with van der Waals surface area (Å²) in [6, 6.07) is 6.30. The van der Waals surface area contributed by atoms with E-state index in [0.29, 0.717) is 12.2 Å². The van der Waals surface area contributed by atoms with E-state index in [1.54, 1.807) is 24.3 Å². The molecular formula is C14H17NO4. The number of ether oxygens (including phenoxy) is 1. The lowest BCUT2D eigenvalue weighted by molar-refractivity contribution is -0.131. The number of nitrogens with one attached hydrogen (secondary N) is 1. The molecule has 0 fully saturated rings. The van der Waals surface area contributed by atoms with Crippen molar-refractivity contribution >= 4 is 17.7 Å². The Hall–Kier alpha value is -2.17. The summed E-state index contributed by atoms with van der Waals surface area (Å²) in [6.45, 7) is 4.14. The van der Waals surface area contributed by atoms with E-state index < -0.39 is 6.04 Å². The first-order valence-electron chi connectivity index (χ1n) is 5.93. The van der Waals surface area contributed by atoms with E-state index >= 15 is 0 Å². The third-order valence-corrected chi connectivity index (χ3v) is 2.49. The highest BCUT2D eigenvalue weighted by atomic mass is 16.5. The lowest BCUT2D eigenvalue weighted by Crippen LogP contribution is -2.40. The minimum Gasteiger partial charge on any atom is -0.427 e. The Kier molecular flexibility index (Phi) is 5.23. The zero-order valence-corrected chi connectivity index (χ0v) is 11.2. The van der Waals surface area contributed by atoms with Crippen LogP contribution in [0.25, 0.3) is 0 Å². The summed E-state index contributed by atoms with van der Waals surface area (Å²) in [5.41, 5.74) is 0.879. The molecule has 1 aromatic rings. The average molecular weight is 263 g/mol. The first kappa shape index (κ1) is 14.9. The van der Waals surface area contributed by atoms with Crippen LogP contribution in [0, 0.1) is 0 Å². The predicted octanol–water partition coefficient (Wildman–Crippen LogP) is 1.25. The standard InChI is InChI=1S/C14H17NO4/c1-9(16)14(15-10(2)17)8-12-4-6-13(7-5-12)19-11(3)18/h4-7,14H,8H2,1-3H3,(H,15,17). The zero-order valence-electron chi connectivity index (χ0n) is 11.2. The van der Waals surface area contributed by atoms with Crippen LogP contribution in [0.1, 0.15) is 26.3 Å². The number of hydrogen-bond acceptors (Lipinski definition) is 4. The summed E-state index contributed by atoms with van der Waals surface area (Å²) in [7, 11) is 0. The lowest BCUT2D eigenvalue weighted by Gasteiger charge is -2.14. The summed E-state index contributed by atoms with van der Waals surface area (Å²) in [4.78, 5) is 33.2. The smallest absolute Gasteiger partial charge is 0.308 e. The molecule has 1 N–H and O–H groups in total. The summed E-state index contributed by atoms with van der Waals surface area (Å²) < 4.78 is 4.91. The fraction of sp³-hybridized carbons (Fsp3) is 0.357. The predicted molar refractivity (Wildman–Crippen MR) is 69.7 cm³/mol. The fourth-order valence-electron chi connectivity index (χ4n) is 1.64. The monoisotopic (exact) mass is 263 g/mol. The number of carbonyl (C=O) groups is 3. The number of rotatable bonds is 5. The van der Waals surface area contributed by atoms with Gasteiger partial charge in [-0.1, -0.05) is 12.1 Å². The Balaban J connectivity index is 2.72. The van der Waals surface area contributed by atoms with Crippen molar-refractivity contribution in [2.75, 3.05) is 0 Å². The highest BCUT2D eigenvalue weighted by Gasteiger charge is 2.15. The number of carbonyl (C=O) groups excluding carboxylic acids is 3. The van der Waals surface area contributed by atoms with Crippen LogP contribution in [-0.4, -0.2) is 23.7 Å². The first-order valence-corrected chi connectivity index (χ1v) is 5.93. The summed E-state index contributed by atoms with van der Waals surface area (Å²) >= 11 is 0. The number of esters is 1. The molecule has 0 spiro atoms. The highest BCUT2D eigenvalue weighted by Crippen LogP contribution is 2.14. The van der Waals surface area contributed by atoms with E-state index in [9.17, 15) is 14.4 Å². The largest absolute Gasteiger partial charge is 0.427 e. The van der Waals surface area contributed by atoms with E-state index in [1.165, 1.54) is 20.8 Å². The van der Waals surface area contributed by atoms with Gasteiger partial charge in [0.1, 0.15) is 5.75 Å². The van der Waals surface area contributed by atoms with Gasteiger partial charge in [0, 0.05) is 13.8 Å². The molecule has 1 amide bonds. The van der Waals surface area contributed by atoms with Gasteiger partial charge >= 0.3 is 5.97 Å². The molecule has 1 unspecified atom stereocenters. The second-order valence-electron chi connectivity index (χ2n) is 4.31. The zero-order chi connectivity index (χ0) is 14.4. The van der Waals surface area contributed by atoms with Gasteiger partial charge in [0.05, 0.1) is 6.04 Å². The van der Waals surface area contributed by atoms with Crippen molar-refractivity contribution in [1.29, 1.82) is 0 Å². The molecule has 5 heteroatoms.